The van der Waals surface area contributed by atoms with Gasteiger partial charge in [0.2, 0.25) is 10.0 Å². The molecule has 0 spiro atoms. The maximum atomic E-state index is 12.4. The van der Waals surface area contributed by atoms with E-state index < -0.39 is 10.0 Å². The number of nitrogens with zero attached hydrogens (tertiary/aromatic N) is 2. The summed E-state index contributed by atoms with van der Waals surface area (Å²) in [5.41, 5.74) is 0.646. The Balaban J connectivity index is 2.91. The molecule has 1 aromatic heterocycles. The molecule has 0 radical (unpaired) electrons. The van der Waals surface area contributed by atoms with Crippen molar-refractivity contribution in [3.63, 3.8) is 0 Å². The average molecular weight is 302 g/mol. The van der Waals surface area contributed by atoms with Crippen LogP contribution >= 0.6 is 0 Å². The predicted octanol–water partition coefficient (Wildman–Crippen LogP) is 2.20. The van der Waals surface area contributed by atoms with Gasteiger partial charge in [0.25, 0.3) is 0 Å². The quantitative estimate of drug-likeness (QED) is 0.711. The zero-order chi connectivity index (χ0) is 15.2. The number of rotatable bonds is 9. The van der Waals surface area contributed by atoms with Crippen LogP contribution in [-0.4, -0.2) is 36.0 Å². The third-order valence-electron chi connectivity index (χ3n) is 3.37. The first kappa shape index (κ1) is 17.2. The van der Waals surface area contributed by atoms with Gasteiger partial charge in [-0.2, -0.15) is 0 Å². The van der Waals surface area contributed by atoms with Crippen LogP contribution in [-0.2, 0) is 23.2 Å². The number of aryl methyl sites for hydroxylation is 1. The van der Waals surface area contributed by atoms with Crippen LogP contribution in [0.3, 0.4) is 0 Å². The molecule has 1 N–H and O–H groups in total. The molecule has 0 bridgehead atoms. The smallest absolute Gasteiger partial charge is 0.244 e. The molecule has 0 aliphatic rings. The summed E-state index contributed by atoms with van der Waals surface area (Å²) in [6, 6.07) is 1.57. The molecule has 0 unspecified atom stereocenters. The van der Waals surface area contributed by atoms with Gasteiger partial charge in [-0.05, 0) is 18.9 Å². The third kappa shape index (κ3) is 4.07. The average Bonchev–Trinajstić information content (AvgIpc) is 2.83. The molecule has 5 nitrogen and oxygen atoms in total. The van der Waals surface area contributed by atoms with Crippen LogP contribution in [0.25, 0.3) is 0 Å². The van der Waals surface area contributed by atoms with Crippen molar-refractivity contribution < 1.29 is 13.5 Å². The van der Waals surface area contributed by atoms with Crippen LogP contribution in [0.4, 0.5) is 0 Å². The summed E-state index contributed by atoms with van der Waals surface area (Å²) in [6.07, 6.45) is 5.48. The highest BCUT2D eigenvalue weighted by Crippen LogP contribution is 2.19. The monoisotopic (exact) mass is 302 g/mol. The lowest BCUT2D eigenvalue weighted by atomic mass is 10.2. The minimum Gasteiger partial charge on any atom is -0.390 e. The van der Waals surface area contributed by atoms with Gasteiger partial charge in [-0.25, -0.2) is 12.7 Å². The van der Waals surface area contributed by atoms with E-state index >= 15 is 0 Å². The van der Waals surface area contributed by atoms with E-state index in [1.54, 1.807) is 19.3 Å². The molecule has 0 amide bonds. The SMILES string of the molecule is CCCCCN(C)S(=O)(=O)c1cc(CO)n(CCC)c1. The van der Waals surface area contributed by atoms with Gasteiger partial charge in [-0.15, -0.1) is 0 Å². The van der Waals surface area contributed by atoms with Gasteiger partial charge in [0.05, 0.1) is 6.61 Å². The molecular formula is C14H26N2O3S. The van der Waals surface area contributed by atoms with E-state index in [1.807, 2.05) is 11.5 Å². The summed E-state index contributed by atoms with van der Waals surface area (Å²) in [6.45, 7) is 5.21. The lowest BCUT2D eigenvalue weighted by Crippen LogP contribution is -2.27. The Morgan fingerprint density at radius 2 is 1.95 bits per heavy atom. The van der Waals surface area contributed by atoms with Crippen molar-refractivity contribution in [2.24, 2.45) is 0 Å². The molecule has 0 aliphatic carbocycles. The zero-order valence-electron chi connectivity index (χ0n) is 12.7. The Bertz CT molecular complexity index is 508. The molecule has 116 valence electrons. The van der Waals surface area contributed by atoms with E-state index in [1.165, 1.54) is 4.31 Å². The first-order valence-electron chi connectivity index (χ1n) is 7.23. The molecule has 20 heavy (non-hydrogen) atoms. The first-order chi connectivity index (χ1) is 9.47. The molecule has 1 heterocycles. The van der Waals surface area contributed by atoms with E-state index in [-0.39, 0.29) is 11.5 Å². The molecule has 1 rings (SSSR count). The van der Waals surface area contributed by atoms with Crippen molar-refractivity contribution in [2.75, 3.05) is 13.6 Å². The molecule has 0 saturated carbocycles. The summed E-state index contributed by atoms with van der Waals surface area (Å²) in [7, 11) is -1.84. The molecule has 1 aromatic rings. The number of aliphatic hydroxyl groups excluding tert-OH is 1. The fourth-order valence-corrected chi connectivity index (χ4v) is 3.41. The van der Waals surface area contributed by atoms with Gasteiger partial charge in [-0.3, -0.25) is 0 Å². The first-order valence-corrected chi connectivity index (χ1v) is 8.67. The topological polar surface area (TPSA) is 62.5 Å². The van der Waals surface area contributed by atoms with Crippen LogP contribution in [0.2, 0.25) is 0 Å². The summed E-state index contributed by atoms with van der Waals surface area (Å²) < 4.78 is 28.1. The number of hydrogen-bond acceptors (Lipinski definition) is 3. The molecule has 0 fully saturated rings. The number of aliphatic hydroxyl groups is 1. The second-order valence-electron chi connectivity index (χ2n) is 5.05. The lowest BCUT2D eigenvalue weighted by Gasteiger charge is -2.15. The Morgan fingerprint density at radius 1 is 1.25 bits per heavy atom. The van der Waals surface area contributed by atoms with Crippen LogP contribution in [0.15, 0.2) is 17.2 Å². The maximum absolute atomic E-state index is 12.4. The van der Waals surface area contributed by atoms with Crippen LogP contribution < -0.4 is 0 Å². The fourth-order valence-electron chi connectivity index (χ4n) is 2.13. The standard InChI is InChI=1S/C14H26N2O3S/c1-4-6-7-9-15(3)20(18,19)14-10-13(12-17)16(11-14)8-5-2/h10-11,17H,4-9,12H2,1-3H3. The fraction of sp³-hybridized carbons (Fsp3) is 0.714. The van der Waals surface area contributed by atoms with Gasteiger partial charge in [0.1, 0.15) is 4.90 Å². The van der Waals surface area contributed by atoms with Crippen LogP contribution in [0.5, 0.6) is 0 Å². The zero-order valence-corrected chi connectivity index (χ0v) is 13.5. The van der Waals surface area contributed by atoms with Crippen molar-refractivity contribution in [3.05, 3.63) is 18.0 Å². The van der Waals surface area contributed by atoms with Gasteiger partial charge in [-0.1, -0.05) is 26.7 Å². The van der Waals surface area contributed by atoms with Crippen molar-refractivity contribution in [1.82, 2.24) is 8.87 Å². The highest BCUT2D eigenvalue weighted by atomic mass is 32.2. The van der Waals surface area contributed by atoms with Gasteiger partial charge in [0.15, 0.2) is 0 Å². The summed E-state index contributed by atoms with van der Waals surface area (Å²) in [5, 5.41) is 9.31. The summed E-state index contributed by atoms with van der Waals surface area (Å²) in [4.78, 5) is 0.272. The van der Waals surface area contributed by atoms with Crippen molar-refractivity contribution in [2.45, 2.75) is 57.6 Å². The van der Waals surface area contributed by atoms with E-state index in [0.717, 1.165) is 25.7 Å². The lowest BCUT2D eigenvalue weighted by molar-refractivity contribution is 0.270. The van der Waals surface area contributed by atoms with Crippen molar-refractivity contribution >= 4 is 10.0 Å². The summed E-state index contributed by atoms with van der Waals surface area (Å²) >= 11 is 0. The van der Waals surface area contributed by atoms with Gasteiger partial charge < -0.3 is 9.67 Å². The highest BCUT2D eigenvalue weighted by Gasteiger charge is 2.22. The minimum absolute atomic E-state index is 0.144. The van der Waals surface area contributed by atoms with Crippen molar-refractivity contribution in [1.29, 1.82) is 0 Å². The molecule has 0 aromatic carbocycles. The Morgan fingerprint density at radius 3 is 2.50 bits per heavy atom. The molecule has 0 saturated heterocycles. The van der Waals surface area contributed by atoms with E-state index in [2.05, 4.69) is 6.92 Å². The number of sulfonamides is 1. The number of aromatic nitrogens is 1. The van der Waals surface area contributed by atoms with E-state index in [9.17, 15) is 13.5 Å². The third-order valence-corrected chi connectivity index (χ3v) is 5.19. The molecule has 0 aliphatic heterocycles. The molecular weight excluding hydrogens is 276 g/mol. The molecule has 0 atom stereocenters. The van der Waals surface area contributed by atoms with E-state index in [4.69, 9.17) is 0 Å². The highest BCUT2D eigenvalue weighted by molar-refractivity contribution is 7.89. The Kier molecular flexibility index (Phi) is 6.71. The normalized spacial score (nSPS) is 12.2. The maximum Gasteiger partial charge on any atom is 0.244 e. The van der Waals surface area contributed by atoms with Crippen LogP contribution in [0, 0.1) is 0 Å². The van der Waals surface area contributed by atoms with Gasteiger partial charge >= 0.3 is 0 Å². The summed E-state index contributed by atoms with van der Waals surface area (Å²) in [5.74, 6) is 0. The predicted molar refractivity (Wildman–Crippen MR) is 80.0 cm³/mol. The largest absolute Gasteiger partial charge is 0.390 e. The van der Waals surface area contributed by atoms with Crippen LogP contribution in [0.1, 0.15) is 45.2 Å². The van der Waals surface area contributed by atoms with Gasteiger partial charge in [0, 0.05) is 32.0 Å². The molecule has 6 heteroatoms. The second kappa shape index (κ2) is 7.81. The minimum atomic E-state index is -3.45. The Hall–Kier alpha value is -0.850. The van der Waals surface area contributed by atoms with E-state index in [0.29, 0.717) is 18.8 Å². The second-order valence-corrected chi connectivity index (χ2v) is 7.10. The number of unbranched alkanes of at least 4 members (excludes halogenated alkanes) is 2. The number of hydrogen-bond donors (Lipinski definition) is 1. The Labute approximate surface area is 122 Å². The van der Waals surface area contributed by atoms with Crippen molar-refractivity contribution in [3.8, 4) is 0 Å².